The standard InChI is InChI=1S/C15H13ClN2/c1-18-10-17-15-13(3-2-4-14(15)18)12-7-5-11(9-16)6-8-12/h2-8,10H,9H2,1H3. The summed E-state index contributed by atoms with van der Waals surface area (Å²) >= 11 is 5.81. The van der Waals surface area contributed by atoms with Crippen molar-refractivity contribution in [3.8, 4) is 11.1 Å². The zero-order valence-corrected chi connectivity index (χ0v) is 10.9. The van der Waals surface area contributed by atoms with Crippen molar-refractivity contribution < 1.29 is 0 Å². The molecule has 0 spiro atoms. The Morgan fingerprint density at radius 3 is 2.61 bits per heavy atom. The summed E-state index contributed by atoms with van der Waals surface area (Å²) in [4.78, 5) is 4.47. The number of nitrogens with zero attached hydrogens (tertiary/aromatic N) is 2. The number of fused-ring (bicyclic) bond motifs is 1. The molecule has 2 nitrogen and oxygen atoms in total. The van der Waals surface area contributed by atoms with Gasteiger partial charge in [-0.05, 0) is 17.2 Å². The first-order chi connectivity index (χ1) is 8.79. The third-order valence-electron chi connectivity index (χ3n) is 3.17. The summed E-state index contributed by atoms with van der Waals surface area (Å²) in [5, 5.41) is 0. The Morgan fingerprint density at radius 2 is 1.89 bits per heavy atom. The van der Waals surface area contributed by atoms with Gasteiger partial charge in [-0.2, -0.15) is 0 Å². The number of hydrogen-bond donors (Lipinski definition) is 0. The van der Waals surface area contributed by atoms with E-state index in [0.29, 0.717) is 5.88 Å². The highest BCUT2D eigenvalue weighted by atomic mass is 35.5. The molecule has 3 aromatic rings. The van der Waals surface area contributed by atoms with Crippen molar-refractivity contribution in [2.24, 2.45) is 7.05 Å². The summed E-state index contributed by atoms with van der Waals surface area (Å²) in [6.45, 7) is 0. The van der Waals surface area contributed by atoms with Crippen LogP contribution >= 0.6 is 11.6 Å². The van der Waals surface area contributed by atoms with E-state index < -0.39 is 0 Å². The number of para-hydroxylation sites is 1. The molecule has 0 radical (unpaired) electrons. The molecule has 0 aliphatic heterocycles. The van der Waals surface area contributed by atoms with E-state index in [1.165, 1.54) is 5.56 Å². The van der Waals surface area contributed by atoms with E-state index in [4.69, 9.17) is 11.6 Å². The van der Waals surface area contributed by atoms with Gasteiger partial charge in [0.15, 0.2) is 0 Å². The third kappa shape index (κ3) is 1.79. The van der Waals surface area contributed by atoms with Crippen molar-refractivity contribution in [1.29, 1.82) is 0 Å². The van der Waals surface area contributed by atoms with Crippen LogP contribution in [0.15, 0.2) is 48.8 Å². The number of hydrogen-bond acceptors (Lipinski definition) is 1. The van der Waals surface area contributed by atoms with Gasteiger partial charge in [-0.1, -0.05) is 36.4 Å². The van der Waals surface area contributed by atoms with Crippen LogP contribution in [0.1, 0.15) is 5.56 Å². The average Bonchev–Trinajstić information content (AvgIpc) is 2.81. The number of rotatable bonds is 2. The molecule has 0 aliphatic carbocycles. The molecule has 0 bridgehead atoms. The highest BCUT2D eigenvalue weighted by Crippen LogP contribution is 2.27. The molecule has 0 saturated heterocycles. The van der Waals surface area contributed by atoms with E-state index in [9.17, 15) is 0 Å². The van der Waals surface area contributed by atoms with Crippen molar-refractivity contribution in [3.63, 3.8) is 0 Å². The largest absolute Gasteiger partial charge is 0.334 e. The van der Waals surface area contributed by atoms with Crippen LogP contribution in [-0.4, -0.2) is 9.55 Å². The predicted octanol–water partition coefficient (Wildman–Crippen LogP) is 3.98. The van der Waals surface area contributed by atoms with Crippen LogP contribution in [0.4, 0.5) is 0 Å². The number of alkyl halides is 1. The molecule has 3 heteroatoms. The second-order valence-electron chi connectivity index (χ2n) is 4.36. The Hall–Kier alpha value is -1.80. The van der Waals surface area contributed by atoms with Gasteiger partial charge in [0, 0.05) is 18.5 Å². The smallest absolute Gasteiger partial charge is 0.0962 e. The lowest BCUT2D eigenvalue weighted by Gasteiger charge is -2.04. The maximum atomic E-state index is 5.81. The van der Waals surface area contributed by atoms with Crippen LogP contribution in [0.2, 0.25) is 0 Å². The maximum absolute atomic E-state index is 5.81. The van der Waals surface area contributed by atoms with Gasteiger partial charge in [-0.3, -0.25) is 0 Å². The van der Waals surface area contributed by atoms with Gasteiger partial charge in [-0.25, -0.2) is 4.98 Å². The second-order valence-corrected chi connectivity index (χ2v) is 4.63. The van der Waals surface area contributed by atoms with Crippen molar-refractivity contribution in [1.82, 2.24) is 9.55 Å². The first-order valence-electron chi connectivity index (χ1n) is 5.85. The fourth-order valence-electron chi connectivity index (χ4n) is 2.16. The Bertz CT molecular complexity index is 683. The van der Waals surface area contributed by atoms with E-state index in [1.807, 2.05) is 17.9 Å². The molecule has 0 amide bonds. The van der Waals surface area contributed by atoms with Gasteiger partial charge in [0.05, 0.1) is 17.4 Å². The van der Waals surface area contributed by atoms with Crippen molar-refractivity contribution in [3.05, 3.63) is 54.4 Å². The van der Waals surface area contributed by atoms with E-state index >= 15 is 0 Å². The van der Waals surface area contributed by atoms with Crippen LogP contribution in [0, 0.1) is 0 Å². The van der Waals surface area contributed by atoms with Crippen LogP contribution < -0.4 is 0 Å². The topological polar surface area (TPSA) is 17.8 Å². The Balaban J connectivity index is 2.18. The normalized spacial score (nSPS) is 11.0. The van der Waals surface area contributed by atoms with Crippen molar-refractivity contribution in [2.75, 3.05) is 0 Å². The summed E-state index contributed by atoms with van der Waals surface area (Å²) in [6, 6.07) is 14.6. The highest BCUT2D eigenvalue weighted by molar-refractivity contribution is 6.17. The first-order valence-corrected chi connectivity index (χ1v) is 6.38. The van der Waals surface area contributed by atoms with Gasteiger partial charge in [0.2, 0.25) is 0 Å². The zero-order chi connectivity index (χ0) is 12.5. The summed E-state index contributed by atoms with van der Waals surface area (Å²) in [5.74, 6) is 0.550. The molecule has 1 aromatic heterocycles. The summed E-state index contributed by atoms with van der Waals surface area (Å²) in [6.07, 6.45) is 1.85. The van der Waals surface area contributed by atoms with Gasteiger partial charge in [-0.15, -0.1) is 11.6 Å². The summed E-state index contributed by atoms with van der Waals surface area (Å²) in [7, 11) is 2.01. The molecule has 0 N–H and O–H groups in total. The Labute approximate surface area is 111 Å². The summed E-state index contributed by atoms with van der Waals surface area (Å²) in [5.41, 5.74) is 5.66. The van der Waals surface area contributed by atoms with E-state index in [2.05, 4.69) is 47.4 Å². The molecule has 0 unspecified atom stereocenters. The fraction of sp³-hybridized carbons (Fsp3) is 0.133. The Morgan fingerprint density at radius 1 is 1.11 bits per heavy atom. The molecule has 0 aliphatic rings. The molecule has 0 atom stereocenters. The molecule has 1 heterocycles. The second kappa shape index (κ2) is 4.46. The molecule has 18 heavy (non-hydrogen) atoms. The van der Waals surface area contributed by atoms with Gasteiger partial charge in [0.25, 0.3) is 0 Å². The lowest BCUT2D eigenvalue weighted by atomic mass is 10.0. The third-order valence-corrected chi connectivity index (χ3v) is 3.48. The highest BCUT2D eigenvalue weighted by Gasteiger charge is 2.07. The minimum absolute atomic E-state index is 0.550. The van der Waals surface area contributed by atoms with Crippen LogP contribution in [0.25, 0.3) is 22.2 Å². The van der Waals surface area contributed by atoms with Crippen LogP contribution in [0.3, 0.4) is 0 Å². The predicted molar refractivity (Wildman–Crippen MR) is 75.7 cm³/mol. The van der Waals surface area contributed by atoms with Crippen molar-refractivity contribution in [2.45, 2.75) is 5.88 Å². The number of benzene rings is 2. The Kier molecular flexibility index (Phi) is 2.80. The lowest BCUT2D eigenvalue weighted by Crippen LogP contribution is -1.85. The number of imidazole rings is 1. The zero-order valence-electron chi connectivity index (χ0n) is 10.1. The quantitative estimate of drug-likeness (QED) is 0.634. The first kappa shape index (κ1) is 11.3. The number of aryl methyl sites for hydroxylation is 1. The lowest BCUT2D eigenvalue weighted by molar-refractivity contribution is 0.948. The molecule has 2 aromatic carbocycles. The van der Waals surface area contributed by atoms with Gasteiger partial charge in [0.1, 0.15) is 0 Å². The number of aromatic nitrogens is 2. The summed E-state index contributed by atoms with van der Waals surface area (Å²) < 4.78 is 2.03. The SMILES string of the molecule is Cn1cnc2c(-c3ccc(CCl)cc3)cccc21. The van der Waals surface area contributed by atoms with Crippen LogP contribution in [0.5, 0.6) is 0 Å². The minimum atomic E-state index is 0.550. The minimum Gasteiger partial charge on any atom is -0.334 e. The molecule has 3 rings (SSSR count). The molecule has 0 saturated carbocycles. The molecular formula is C15H13ClN2. The molecule has 0 fully saturated rings. The molecule has 90 valence electrons. The van der Waals surface area contributed by atoms with Crippen LogP contribution in [-0.2, 0) is 12.9 Å². The van der Waals surface area contributed by atoms with Crippen molar-refractivity contribution >= 4 is 22.6 Å². The number of halogens is 1. The monoisotopic (exact) mass is 256 g/mol. The van der Waals surface area contributed by atoms with E-state index in [1.54, 1.807) is 0 Å². The molecular weight excluding hydrogens is 244 g/mol. The average molecular weight is 257 g/mol. The van der Waals surface area contributed by atoms with E-state index in [-0.39, 0.29) is 0 Å². The van der Waals surface area contributed by atoms with E-state index in [0.717, 1.165) is 22.2 Å². The van der Waals surface area contributed by atoms with Gasteiger partial charge < -0.3 is 4.57 Å². The van der Waals surface area contributed by atoms with Gasteiger partial charge >= 0.3 is 0 Å². The fourth-order valence-corrected chi connectivity index (χ4v) is 2.34. The maximum Gasteiger partial charge on any atom is 0.0962 e.